The third kappa shape index (κ3) is 2.61. The van der Waals surface area contributed by atoms with Crippen LogP contribution in [-0.2, 0) is 0 Å². The second-order valence-corrected chi connectivity index (χ2v) is 4.55. The predicted octanol–water partition coefficient (Wildman–Crippen LogP) is 3.22. The third-order valence-electron chi connectivity index (χ3n) is 3.00. The van der Waals surface area contributed by atoms with E-state index in [4.69, 9.17) is 5.73 Å². The summed E-state index contributed by atoms with van der Waals surface area (Å²) in [6.45, 7) is 3.92. The van der Waals surface area contributed by atoms with Crippen LogP contribution < -0.4 is 5.73 Å². The highest BCUT2D eigenvalue weighted by atomic mass is 19.1. The zero-order valence-electron chi connectivity index (χ0n) is 10.2. The summed E-state index contributed by atoms with van der Waals surface area (Å²) >= 11 is 0. The Morgan fingerprint density at radius 2 is 1.88 bits per heavy atom. The summed E-state index contributed by atoms with van der Waals surface area (Å²) in [5.74, 6) is -0.300. The molecule has 2 rings (SSSR count). The van der Waals surface area contributed by atoms with Gasteiger partial charge < -0.3 is 5.73 Å². The van der Waals surface area contributed by atoms with Gasteiger partial charge in [0, 0.05) is 11.3 Å². The SMILES string of the molecule is CC1=NC(c2ccc(C)cc2)=C(F)C(N)CC1. The Labute approximate surface area is 101 Å². The quantitative estimate of drug-likeness (QED) is 0.793. The zero-order valence-corrected chi connectivity index (χ0v) is 10.2. The van der Waals surface area contributed by atoms with Gasteiger partial charge in [-0.25, -0.2) is 4.39 Å². The molecule has 1 atom stereocenters. The Hall–Kier alpha value is -1.48. The summed E-state index contributed by atoms with van der Waals surface area (Å²) in [4.78, 5) is 4.35. The van der Waals surface area contributed by atoms with Crippen molar-refractivity contribution in [2.24, 2.45) is 10.7 Å². The number of rotatable bonds is 1. The molecule has 1 heterocycles. The van der Waals surface area contributed by atoms with Gasteiger partial charge in [-0.3, -0.25) is 4.99 Å². The normalized spacial score (nSPS) is 21.2. The van der Waals surface area contributed by atoms with E-state index in [0.717, 1.165) is 23.3 Å². The summed E-state index contributed by atoms with van der Waals surface area (Å²) in [6, 6.07) is 7.15. The van der Waals surface area contributed by atoms with E-state index in [0.29, 0.717) is 12.1 Å². The third-order valence-corrected chi connectivity index (χ3v) is 3.00. The van der Waals surface area contributed by atoms with Gasteiger partial charge in [0.1, 0.15) is 11.5 Å². The molecule has 1 aliphatic heterocycles. The Morgan fingerprint density at radius 1 is 1.24 bits per heavy atom. The maximum absolute atomic E-state index is 14.1. The maximum atomic E-state index is 14.1. The second kappa shape index (κ2) is 4.80. The lowest BCUT2D eigenvalue weighted by Crippen LogP contribution is -2.20. The Bertz CT molecular complexity index is 472. The first-order valence-corrected chi connectivity index (χ1v) is 5.84. The van der Waals surface area contributed by atoms with Crippen molar-refractivity contribution in [2.45, 2.75) is 32.7 Å². The van der Waals surface area contributed by atoms with Crippen LogP contribution >= 0.6 is 0 Å². The number of halogens is 1. The standard InChI is InChI=1S/C14H17FN2/c1-9-3-6-11(7-4-9)14-13(15)12(16)8-5-10(2)17-14/h3-4,6-7,12H,5,8,16H2,1-2H3. The van der Waals surface area contributed by atoms with Crippen LogP contribution in [0.4, 0.5) is 4.39 Å². The minimum absolute atomic E-state index is 0.300. The van der Waals surface area contributed by atoms with E-state index in [9.17, 15) is 4.39 Å². The number of aliphatic imine (C=N–C) groups is 1. The van der Waals surface area contributed by atoms with Crippen LogP contribution in [0.1, 0.15) is 30.9 Å². The van der Waals surface area contributed by atoms with E-state index < -0.39 is 6.04 Å². The molecule has 0 aliphatic carbocycles. The van der Waals surface area contributed by atoms with Gasteiger partial charge in [0.2, 0.25) is 0 Å². The summed E-state index contributed by atoms with van der Waals surface area (Å²) in [6.07, 6.45) is 1.38. The van der Waals surface area contributed by atoms with Gasteiger partial charge in [0.15, 0.2) is 0 Å². The van der Waals surface area contributed by atoms with Crippen molar-refractivity contribution in [3.63, 3.8) is 0 Å². The van der Waals surface area contributed by atoms with Crippen LogP contribution in [0.2, 0.25) is 0 Å². The molecule has 1 unspecified atom stereocenters. The molecule has 0 radical (unpaired) electrons. The molecule has 0 saturated carbocycles. The Balaban J connectivity index is 2.48. The lowest BCUT2D eigenvalue weighted by molar-refractivity contribution is 0.529. The zero-order chi connectivity index (χ0) is 12.4. The summed E-state index contributed by atoms with van der Waals surface area (Å²) < 4.78 is 14.1. The molecule has 0 spiro atoms. The van der Waals surface area contributed by atoms with Gasteiger partial charge in [-0.1, -0.05) is 29.8 Å². The first kappa shape index (κ1) is 12.0. The Kier molecular flexibility index (Phi) is 3.38. The maximum Gasteiger partial charge on any atom is 0.143 e. The van der Waals surface area contributed by atoms with Crippen molar-refractivity contribution in [2.75, 3.05) is 0 Å². The van der Waals surface area contributed by atoms with Crippen LogP contribution in [0, 0.1) is 6.92 Å². The fourth-order valence-electron chi connectivity index (χ4n) is 1.88. The van der Waals surface area contributed by atoms with Crippen molar-refractivity contribution in [3.05, 3.63) is 41.2 Å². The van der Waals surface area contributed by atoms with Gasteiger partial charge in [-0.05, 0) is 26.7 Å². The summed E-state index contributed by atoms with van der Waals surface area (Å²) in [5, 5.41) is 0. The monoisotopic (exact) mass is 232 g/mol. The average molecular weight is 232 g/mol. The molecule has 0 fully saturated rings. The lowest BCUT2D eigenvalue weighted by Gasteiger charge is -2.08. The molecule has 17 heavy (non-hydrogen) atoms. The molecule has 0 amide bonds. The van der Waals surface area contributed by atoms with Crippen molar-refractivity contribution in [1.82, 2.24) is 0 Å². The molecule has 90 valence electrons. The minimum atomic E-state index is -0.535. The second-order valence-electron chi connectivity index (χ2n) is 4.55. The van der Waals surface area contributed by atoms with Gasteiger partial charge in [0.05, 0.1) is 6.04 Å². The van der Waals surface area contributed by atoms with Gasteiger partial charge in [0.25, 0.3) is 0 Å². The van der Waals surface area contributed by atoms with Crippen LogP contribution in [0.3, 0.4) is 0 Å². The molecular weight excluding hydrogens is 215 g/mol. The highest BCUT2D eigenvalue weighted by Gasteiger charge is 2.19. The average Bonchev–Trinajstić information content (AvgIpc) is 2.44. The number of nitrogens with zero attached hydrogens (tertiary/aromatic N) is 1. The molecule has 2 N–H and O–H groups in total. The number of aryl methyl sites for hydroxylation is 1. The van der Waals surface area contributed by atoms with Crippen LogP contribution in [0.25, 0.3) is 5.70 Å². The molecule has 1 aromatic rings. The molecule has 3 heteroatoms. The van der Waals surface area contributed by atoms with E-state index in [2.05, 4.69) is 4.99 Å². The van der Waals surface area contributed by atoms with E-state index in [1.54, 1.807) is 0 Å². The number of hydrogen-bond acceptors (Lipinski definition) is 2. The highest BCUT2D eigenvalue weighted by Crippen LogP contribution is 2.27. The highest BCUT2D eigenvalue weighted by molar-refractivity contribution is 5.89. The van der Waals surface area contributed by atoms with E-state index in [1.165, 1.54) is 0 Å². The van der Waals surface area contributed by atoms with Gasteiger partial charge in [-0.2, -0.15) is 0 Å². The van der Waals surface area contributed by atoms with E-state index in [1.807, 2.05) is 38.1 Å². The van der Waals surface area contributed by atoms with Crippen LogP contribution in [0.5, 0.6) is 0 Å². The van der Waals surface area contributed by atoms with Crippen molar-refractivity contribution < 1.29 is 4.39 Å². The van der Waals surface area contributed by atoms with Crippen molar-refractivity contribution in [3.8, 4) is 0 Å². The first-order chi connectivity index (χ1) is 8.08. The number of hydrogen-bond donors (Lipinski definition) is 1. The van der Waals surface area contributed by atoms with Crippen molar-refractivity contribution in [1.29, 1.82) is 0 Å². The fraction of sp³-hybridized carbons (Fsp3) is 0.357. The van der Waals surface area contributed by atoms with Gasteiger partial charge in [-0.15, -0.1) is 0 Å². The minimum Gasteiger partial charge on any atom is -0.322 e. The topological polar surface area (TPSA) is 38.4 Å². The molecule has 2 nitrogen and oxygen atoms in total. The van der Waals surface area contributed by atoms with Crippen LogP contribution in [-0.4, -0.2) is 11.8 Å². The van der Waals surface area contributed by atoms with E-state index >= 15 is 0 Å². The molecule has 1 aliphatic rings. The predicted molar refractivity (Wildman–Crippen MR) is 69.5 cm³/mol. The Morgan fingerprint density at radius 3 is 2.53 bits per heavy atom. The summed E-state index contributed by atoms with van der Waals surface area (Å²) in [5.41, 5.74) is 9.06. The van der Waals surface area contributed by atoms with E-state index in [-0.39, 0.29) is 5.83 Å². The lowest BCUT2D eigenvalue weighted by atomic mass is 10.1. The number of nitrogens with two attached hydrogens (primary N) is 1. The fourth-order valence-corrected chi connectivity index (χ4v) is 1.88. The summed E-state index contributed by atoms with van der Waals surface area (Å²) in [7, 11) is 0. The first-order valence-electron chi connectivity index (χ1n) is 5.84. The smallest absolute Gasteiger partial charge is 0.143 e. The molecule has 1 aromatic carbocycles. The molecular formula is C14H17FN2. The van der Waals surface area contributed by atoms with Gasteiger partial charge >= 0.3 is 0 Å². The largest absolute Gasteiger partial charge is 0.322 e. The number of benzene rings is 1. The molecule has 0 bridgehead atoms. The molecule has 0 aromatic heterocycles. The van der Waals surface area contributed by atoms with Crippen molar-refractivity contribution >= 4 is 11.4 Å². The van der Waals surface area contributed by atoms with Crippen LogP contribution in [0.15, 0.2) is 35.1 Å². The molecule has 0 saturated heterocycles.